The number of rotatable bonds is 8. The topological polar surface area (TPSA) is 47.0 Å². The zero-order valence-corrected chi connectivity index (χ0v) is 16.8. The van der Waals surface area contributed by atoms with Crippen LogP contribution in [0.4, 0.5) is 5.69 Å². The number of benzene rings is 1. The fraction of sp³-hybridized carbons (Fsp3) is 0.682. The van der Waals surface area contributed by atoms with Gasteiger partial charge in [0.15, 0.2) is 0 Å². The number of anilines is 1. The highest BCUT2D eigenvalue weighted by molar-refractivity contribution is 5.93. The van der Waals surface area contributed by atoms with Gasteiger partial charge in [0.25, 0.3) is 0 Å². The number of carbonyl (C=O) groups is 1. The summed E-state index contributed by atoms with van der Waals surface area (Å²) in [6.45, 7) is 8.60. The quantitative estimate of drug-likeness (QED) is 0.761. The van der Waals surface area contributed by atoms with Gasteiger partial charge in [-0.15, -0.1) is 0 Å². The Morgan fingerprint density at radius 3 is 2.19 bits per heavy atom. The molecule has 1 heterocycles. The highest BCUT2D eigenvalue weighted by Crippen LogP contribution is 2.34. The zero-order valence-electron chi connectivity index (χ0n) is 16.8. The van der Waals surface area contributed by atoms with Crippen LogP contribution in [0.15, 0.2) is 24.3 Å². The van der Waals surface area contributed by atoms with Crippen molar-refractivity contribution in [2.24, 2.45) is 0 Å². The lowest BCUT2D eigenvalue weighted by Gasteiger charge is -2.35. The minimum atomic E-state index is 0.197. The second-order valence-electron chi connectivity index (χ2n) is 7.88. The Hall–Kier alpha value is -1.43. The van der Waals surface area contributed by atoms with E-state index in [0.717, 1.165) is 51.5 Å². The Morgan fingerprint density at radius 2 is 1.63 bits per heavy atom. The van der Waals surface area contributed by atoms with E-state index >= 15 is 0 Å². The van der Waals surface area contributed by atoms with Gasteiger partial charge in [0, 0.05) is 57.9 Å². The molecule has 27 heavy (non-hydrogen) atoms. The van der Waals surface area contributed by atoms with Crippen LogP contribution in [0, 0.1) is 0 Å². The first kappa shape index (κ1) is 20.3. The van der Waals surface area contributed by atoms with Gasteiger partial charge in [0.05, 0.1) is 6.61 Å². The van der Waals surface area contributed by atoms with Crippen molar-refractivity contribution in [3.63, 3.8) is 0 Å². The van der Waals surface area contributed by atoms with Gasteiger partial charge >= 0.3 is 0 Å². The van der Waals surface area contributed by atoms with Crippen LogP contribution in [-0.4, -0.2) is 73.2 Å². The lowest BCUT2D eigenvalue weighted by atomic mass is 9.97. The van der Waals surface area contributed by atoms with E-state index in [2.05, 4.69) is 34.1 Å². The van der Waals surface area contributed by atoms with Crippen molar-refractivity contribution in [3.8, 4) is 0 Å². The number of carbonyl (C=O) groups excluding carboxylic acids is 1. The van der Waals surface area contributed by atoms with Gasteiger partial charge in [-0.3, -0.25) is 14.6 Å². The Balaban J connectivity index is 1.56. The molecule has 1 aliphatic carbocycles. The first-order valence-corrected chi connectivity index (χ1v) is 10.7. The van der Waals surface area contributed by atoms with Gasteiger partial charge in [0.1, 0.15) is 0 Å². The normalized spacial score (nSPS) is 19.5. The van der Waals surface area contributed by atoms with Gasteiger partial charge in [-0.1, -0.05) is 31.9 Å². The van der Waals surface area contributed by atoms with E-state index in [1.165, 1.54) is 31.2 Å². The molecule has 1 aromatic rings. The molecule has 0 spiro atoms. The van der Waals surface area contributed by atoms with Crippen LogP contribution < -0.4 is 4.90 Å². The highest BCUT2D eigenvalue weighted by Gasteiger charge is 2.21. The summed E-state index contributed by atoms with van der Waals surface area (Å²) < 4.78 is 0. The molecule has 0 unspecified atom stereocenters. The van der Waals surface area contributed by atoms with Crippen molar-refractivity contribution in [2.75, 3.05) is 57.3 Å². The molecule has 0 aromatic heterocycles. The van der Waals surface area contributed by atoms with Crippen LogP contribution in [0.3, 0.4) is 0 Å². The van der Waals surface area contributed by atoms with Crippen LogP contribution in [0.5, 0.6) is 0 Å². The number of piperazine rings is 1. The molecule has 3 rings (SSSR count). The summed E-state index contributed by atoms with van der Waals surface area (Å²) in [6.07, 6.45) is 5.84. The van der Waals surface area contributed by atoms with Gasteiger partial charge in [-0.2, -0.15) is 0 Å². The Kier molecular flexibility index (Phi) is 7.68. The summed E-state index contributed by atoms with van der Waals surface area (Å²) >= 11 is 0. The predicted molar refractivity (Wildman–Crippen MR) is 110 cm³/mol. The lowest BCUT2D eigenvalue weighted by molar-refractivity contribution is -0.118. The molecule has 1 aromatic carbocycles. The largest absolute Gasteiger partial charge is 0.395 e. The molecule has 1 amide bonds. The van der Waals surface area contributed by atoms with Crippen molar-refractivity contribution in [1.82, 2.24) is 9.80 Å². The fourth-order valence-corrected chi connectivity index (χ4v) is 4.39. The van der Waals surface area contributed by atoms with Crippen LogP contribution in [0.1, 0.15) is 50.5 Å². The molecule has 2 aliphatic rings. The number of hydrogen-bond acceptors (Lipinski definition) is 4. The lowest BCUT2D eigenvalue weighted by Crippen LogP contribution is -2.49. The number of β-amino-alcohol motifs (C(OH)–C–C–N with tert-alkyl or cyclic N) is 1. The van der Waals surface area contributed by atoms with Crippen molar-refractivity contribution in [2.45, 2.75) is 44.9 Å². The summed E-state index contributed by atoms with van der Waals surface area (Å²) in [5.74, 6) is 0.909. The van der Waals surface area contributed by atoms with Crippen molar-refractivity contribution in [1.29, 1.82) is 0 Å². The van der Waals surface area contributed by atoms with Gasteiger partial charge in [-0.25, -0.2) is 0 Å². The number of hydrogen-bond donors (Lipinski definition) is 1. The smallest absolute Gasteiger partial charge is 0.226 e. The van der Waals surface area contributed by atoms with Crippen LogP contribution in [-0.2, 0) is 4.79 Å². The average molecular weight is 374 g/mol. The number of nitrogens with zero attached hydrogens (tertiary/aromatic N) is 3. The average Bonchev–Trinajstić information content (AvgIpc) is 3.25. The Labute approximate surface area is 163 Å². The van der Waals surface area contributed by atoms with Crippen molar-refractivity contribution >= 4 is 11.6 Å². The molecule has 0 bridgehead atoms. The molecule has 1 aliphatic heterocycles. The van der Waals surface area contributed by atoms with E-state index in [4.69, 9.17) is 5.11 Å². The summed E-state index contributed by atoms with van der Waals surface area (Å²) in [5.41, 5.74) is 2.46. The maximum Gasteiger partial charge on any atom is 0.226 e. The van der Waals surface area contributed by atoms with Crippen LogP contribution >= 0.6 is 0 Å². The fourth-order valence-electron chi connectivity index (χ4n) is 4.39. The second kappa shape index (κ2) is 10.2. The second-order valence-corrected chi connectivity index (χ2v) is 7.88. The van der Waals surface area contributed by atoms with E-state index in [1.54, 1.807) is 0 Å². The molecule has 1 saturated heterocycles. The van der Waals surface area contributed by atoms with Crippen LogP contribution in [0.25, 0.3) is 0 Å². The standard InChI is InChI=1S/C22H35N3O2/c1-2-22(27)25(16-15-23-11-13-24(14-12-23)17-18-26)21-9-7-20(8-10-21)19-5-3-4-6-19/h7-10,19,26H,2-6,11-18H2,1H3. The maximum absolute atomic E-state index is 12.5. The third-order valence-electron chi connectivity index (χ3n) is 6.16. The van der Waals surface area contributed by atoms with E-state index in [0.29, 0.717) is 12.3 Å². The van der Waals surface area contributed by atoms with E-state index < -0.39 is 0 Å². The molecule has 0 radical (unpaired) electrons. The van der Waals surface area contributed by atoms with Crippen LogP contribution in [0.2, 0.25) is 0 Å². The number of amides is 1. The minimum Gasteiger partial charge on any atom is -0.395 e. The molecule has 5 heteroatoms. The molecule has 2 fully saturated rings. The predicted octanol–water partition coefficient (Wildman–Crippen LogP) is 2.70. The summed E-state index contributed by atoms with van der Waals surface area (Å²) in [7, 11) is 0. The molecule has 0 atom stereocenters. The molecular formula is C22H35N3O2. The monoisotopic (exact) mass is 373 g/mol. The van der Waals surface area contributed by atoms with E-state index in [-0.39, 0.29) is 12.5 Å². The molecule has 1 N–H and O–H groups in total. The minimum absolute atomic E-state index is 0.197. The van der Waals surface area contributed by atoms with Gasteiger partial charge in [0.2, 0.25) is 5.91 Å². The maximum atomic E-state index is 12.5. The first-order valence-electron chi connectivity index (χ1n) is 10.7. The van der Waals surface area contributed by atoms with Gasteiger partial charge < -0.3 is 10.0 Å². The SMILES string of the molecule is CCC(=O)N(CCN1CCN(CCO)CC1)c1ccc(C2CCCC2)cc1. The zero-order chi connectivity index (χ0) is 19.1. The first-order chi connectivity index (χ1) is 13.2. The summed E-state index contributed by atoms with van der Waals surface area (Å²) in [5, 5.41) is 9.06. The number of aliphatic hydroxyl groups excluding tert-OH is 1. The summed E-state index contributed by atoms with van der Waals surface area (Å²) in [4.78, 5) is 19.2. The van der Waals surface area contributed by atoms with E-state index in [1.807, 2.05) is 11.8 Å². The number of aliphatic hydroxyl groups is 1. The van der Waals surface area contributed by atoms with E-state index in [9.17, 15) is 4.79 Å². The molecule has 1 saturated carbocycles. The Morgan fingerprint density at radius 1 is 1.04 bits per heavy atom. The highest BCUT2D eigenvalue weighted by atomic mass is 16.3. The molecule has 5 nitrogen and oxygen atoms in total. The molecule has 150 valence electrons. The third kappa shape index (κ3) is 5.53. The third-order valence-corrected chi connectivity index (χ3v) is 6.16. The van der Waals surface area contributed by atoms with Crippen molar-refractivity contribution < 1.29 is 9.90 Å². The summed E-state index contributed by atoms with van der Waals surface area (Å²) in [6, 6.07) is 8.74. The molecular weight excluding hydrogens is 338 g/mol. The Bertz CT molecular complexity index is 576. The van der Waals surface area contributed by atoms with Crippen molar-refractivity contribution in [3.05, 3.63) is 29.8 Å². The van der Waals surface area contributed by atoms with Gasteiger partial charge in [-0.05, 0) is 36.5 Å².